The van der Waals surface area contributed by atoms with Crippen LogP contribution in [0.3, 0.4) is 0 Å². The SMILES string of the molecule is CCCCN1C[C@@H](c2nc3ccccc3n2CCCOc2ccc(C)cc2C)CC1=O. The monoisotopic (exact) mass is 419 g/mol. The van der Waals surface area contributed by atoms with E-state index in [0.717, 1.165) is 61.5 Å². The lowest BCUT2D eigenvalue weighted by atomic mass is 10.1. The molecule has 2 heterocycles. The largest absolute Gasteiger partial charge is 0.493 e. The number of fused-ring (bicyclic) bond motifs is 1. The van der Waals surface area contributed by atoms with Crippen LogP contribution in [0.1, 0.15) is 55.5 Å². The Labute approximate surface area is 185 Å². The van der Waals surface area contributed by atoms with Gasteiger partial charge in [0.05, 0.1) is 17.6 Å². The lowest BCUT2D eigenvalue weighted by Crippen LogP contribution is -2.26. The van der Waals surface area contributed by atoms with Gasteiger partial charge in [-0.05, 0) is 50.5 Å². The van der Waals surface area contributed by atoms with E-state index in [0.29, 0.717) is 13.0 Å². The molecule has 1 aliphatic rings. The van der Waals surface area contributed by atoms with Gasteiger partial charge in [-0.15, -0.1) is 0 Å². The van der Waals surface area contributed by atoms with E-state index in [1.165, 1.54) is 11.1 Å². The molecular formula is C26H33N3O2. The molecule has 0 spiro atoms. The van der Waals surface area contributed by atoms with Crippen LogP contribution in [0, 0.1) is 13.8 Å². The molecule has 1 saturated heterocycles. The van der Waals surface area contributed by atoms with Gasteiger partial charge in [0, 0.05) is 32.0 Å². The zero-order chi connectivity index (χ0) is 21.8. The van der Waals surface area contributed by atoms with Gasteiger partial charge in [0.1, 0.15) is 11.6 Å². The van der Waals surface area contributed by atoms with Gasteiger partial charge in [-0.3, -0.25) is 4.79 Å². The number of imidazole rings is 1. The van der Waals surface area contributed by atoms with Gasteiger partial charge in [0.15, 0.2) is 0 Å². The van der Waals surface area contributed by atoms with Crippen molar-refractivity contribution in [1.82, 2.24) is 14.5 Å². The van der Waals surface area contributed by atoms with Crippen molar-refractivity contribution < 1.29 is 9.53 Å². The fourth-order valence-electron chi connectivity index (χ4n) is 4.52. The van der Waals surface area contributed by atoms with Gasteiger partial charge >= 0.3 is 0 Å². The summed E-state index contributed by atoms with van der Waals surface area (Å²) in [4.78, 5) is 19.5. The molecule has 0 unspecified atom stereocenters. The maximum atomic E-state index is 12.5. The van der Waals surface area contributed by atoms with E-state index in [-0.39, 0.29) is 11.8 Å². The molecule has 0 aliphatic carbocycles. The third-order valence-electron chi connectivity index (χ3n) is 6.16. The van der Waals surface area contributed by atoms with Crippen LogP contribution in [0.25, 0.3) is 11.0 Å². The predicted octanol–water partition coefficient (Wildman–Crippen LogP) is 5.24. The van der Waals surface area contributed by atoms with Gasteiger partial charge in [-0.25, -0.2) is 4.98 Å². The second-order valence-electron chi connectivity index (χ2n) is 8.68. The second-order valence-corrected chi connectivity index (χ2v) is 8.68. The zero-order valence-corrected chi connectivity index (χ0v) is 18.9. The Morgan fingerprint density at radius 2 is 1.94 bits per heavy atom. The smallest absolute Gasteiger partial charge is 0.223 e. The fraction of sp³-hybridized carbons (Fsp3) is 0.462. The number of aromatic nitrogens is 2. The summed E-state index contributed by atoms with van der Waals surface area (Å²) in [6.45, 7) is 9.47. The van der Waals surface area contributed by atoms with Gasteiger partial charge in [0.25, 0.3) is 0 Å². The molecule has 0 N–H and O–H groups in total. The number of carbonyl (C=O) groups is 1. The molecular weight excluding hydrogens is 386 g/mol. The van der Waals surface area contributed by atoms with Crippen LogP contribution < -0.4 is 4.74 Å². The molecule has 2 aromatic carbocycles. The number of benzene rings is 2. The summed E-state index contributed by atoms with van der Waals surface area (Å²) in [5.41, 5.74) is 4.57. The Bertz CT molecular complexity index is 1060. The number of likely N-dealkylation sites (tertiary alicyclic amines) is 1. The van der Waals surface area contributed by atoms with Gasteiger partial charge in [-0.1, -0.05) is 43.2 Å². The van der Waals surface area contributed by atoms with Crippen molar-refractivity contribution in [2.45, 2.75) is 58.9 Å². The first kappa shape index (κ1) is 21.4. The topological polar surface area (TPSA) is 47.4 Å². The number of carbonyl (C=O) groups excluding carboxylic acids is 1. The van der Waals surface area contributed by atoms with Crippen molar-refractivity contribution in [1.29, 1.82) is 0 Å². The molecule has 5 heteroatoms. The Morgan fingerprint density at radius 1 is 1.10 bits per heavy atom. The highest BCUT2D eigenvalue weighted by Gasteiger charge is 2.33. The quantitative estimate of drug-likeness (QED) is 0.446. The standard InChI is InChI=1S/C26H33N3O2/c1-4-5-13-28-18-21(17-25(28)30)26-27-22-9-6-7-10-23(22)29(26)14-8-15-31-24-12-11-19(2)16-20(24)3/h6-7,9-12,16,21H,4-5,8,13-15,17-18H2,1-3H3/t21-/m0/s1. The number of amides is 1. The van der Waals surface area contributed by atoms with Crippen LogP contribution in [0.2, 0.25) is 0 Å². The maximum absolute atomic E-state index is 12.5. The number of rotatable bonds is 9. The minimum absolute atomic E-state index is 0.164. The fourth-order valence-corrected chi connectivity index (χ4v) is 4.52. The number of para-hydroxylation sites is 2. The van der Waals surface area contributed by atoms with E-state index < -0.39 is 0 Å². The molecule has 0 bridgehead atoms. The van der Waals surface area contributed by atoms with Crippen LogP contribution in [0.15, 0.2) is 42.5 Å². The summed E-state index contributed by atoms with van der Waals surface area (Å²) in [5.74, 6) is 2.42. The summed E-state index contributed by atoms with van der Waals surface area (Å²) in [7, 11) is 0. The molecule has 5 nitrogen and oxygen atoms in total. The van der Waals surface area contributed by atoms with Crippen molar-refractivity contribution in [3.05, 3.63) is 59.4 Å². The summed E-state index contributed by atoms with van der Waals surface area (Å²) in [6, 6.07) is 14.6. The lowest BCUT2D eigenvalue weighted by molar-refractivity contribution is -0.127. The Kier molecular flexibility index (Phi) is 6.59. The molecule has 31 heavy (non-hydrogen) atoms. The van der Waals surface area contributed by atoms with Crippen molar-refractivity contribution in [3.63, 3.8) is 0 Å². The summed E-state index contributed by atoms with van der Waals surface area (Å²) in [6.07, 6.45) is 3.62. The highest BCUT2D eigenvalue weighted by atomic mass is 16.5. The van der Waals surface area contributed by atoms with E-state index in [4.69, 9.17) is 9.72 Å². The van der Waals surface area contributed by atoms with Gasteiger partial charge < -0.3 is 14.2 Å². The molecule has 1 aliphatic heterocycles. The molecule has 3 aromatic rings. The molecule has 1 fully saturated rings. The zero-order valence-electron chi connectivity index (χ0n) is 18.9. The highest BCUT2D eigenvalue weighted by Crippen LogP contribution is 2.31. The minimum atomic E-state index is 0.164. The maximum Gasteiger partial charge on any atom is 0.223 e. The first-order valence-corrected chi connectivity index (χ1v) is 11.5. The number of ether oxygens (including phenoxy) is 1. The van der Waals surface area contributed by atoms with Crippen LogP contribution >= 0.6 is 0 Å². The first-order chi connectivity index (χ1) is 15.1. The summed E-state index contributed by atoms with van der Waals surface area (Å²) >= 11 is 0. The second kappa shape index (κ2) is 9.54. The molecule has 164 valence electrons. The van der Waals surface area contributed by atoms with Crippen molar-refractivity contribution in [2.75, 3.05) is 19.7 Å². The van der Waals surface area contributed by atoms with E-state index >= 15 is 0 Å². The number of hydrogen-bond donors (Lipinski definition) is 0. The van der Waals surface area contributed by atoms with Gasteiger partial charge in [0.2, 0.25) is 5.91 Å². The van der Waals surface area contributed by atoms with Crippen LogP contribution in [-0.4, -0.2) is 40.1 Å². The summed E-state index contributed by atoms with van der Waals surface area (Å²) < 4.78 is 8.36. The van der Waals surface area contributed by atoms with Crippen LogP contribution in [-0.2, 0) is 11.3 Å². The molecule has 1 atom stereocenters. The molecule has 1 amide bonds. The Balaban J connectivity index is 1.47. The normalized spacial score (nSPS) is 16.4. The van der Waals surface area contributed by atoms with E-state index in [2.05, 4.69) is 61.7 Å². The van der Waals surface area contributed by atoms with Crippen LogP contribution in [0.5, 0.6) is 5.75 Å². The number of aryl methyl sites for hydroxylation is 3. The minimum Gasteiger partial charge on any atom is -0.493 e. The van der Waals surface area contributed by atoms with Gasteiger partial charge in [-0.2, -0.15) is 0 Å². The van der Waals surface area contributed by atoms with E-state index in [1.807, 2.05) is 11.0 Å². The molecule has 0 saturated carbocycles. The van der Waals surface area contributed by atoms with Crippen molar-refractivity contribution in [3.8, 4) is 5.75 Å². The lowest BCUT2D eigenvalue weighted by Gasteiger charge is -2.17. The Morgan fingerprint density at radius 3 is 2.74 bits per heavy atom. The molecule has 1 aromatic heterocycles. The number of nitrogens with zero attached hydrogens (tertiary/aromatic N) is 3. The van der Waals surface area contributed by atoms with Crippen molar-refractivity contribution in [2.24, 2.45) is 0 Å². The number of unbranched alkanes of at least 4 members (excludes halogenated alkanes) is 1. The highest BCUT2D eigenvalue weighted by molar-refractivity contribution is 5.80. The van der Waals surface area contributed by atoms with E-state index in [9.17, 15) is 4.79 Å². The average Bonchev–Trinajstić information content (AvgIpc) is 3.31. The third kappa shape index (κ3) is 4.76. The first-order valence-electron chi connectivity index (χ1n) is 11.5. The molecule has 0 radical (unpaired) electrons. The van der Waals surface area contributed by atoms with E-state index in [1.54, 1.807) is 0 Å². The number of hydrogen-bond acceptors (Lipinski definition) is 3. The average molecular weight is 420 g/mol. The van der Waals surface area contributed by atoms with Crippen LogP contribution in [0.4, 0.5) is 0 Å². The van der Waals surface area contributed by atoms with Crippen molar-refractivity contribution >= 4 is 16.9 Å². The predicted molar refractivity (Wildman–Crippen MR) is 125 cm³/mol. The third-order valence-corrected chi connectivity index (χ3v) is 6.16. The summed E-state index contributed by atoms with van der Waals surface area (Å²) in [5, 5.41) is 0. The molecule has 4 rings (SSSR count). The Hall–Kier alpha value is -2.82.